The van der Waals surface area contributed by atoms with Crippen molar-refractivity contribution in [3.8, 4) is 0 Å². The fraction of sp³-hybridized carbons (Fsp3) is 0.889. The minimum Gasteiger partial charge on any atom is -0.157 e. The van der Waals surface area contributed by atoms with Crippen molar-refractivity contribution in [1.29, 1.82) is 0 Å². The van der Waals surface area contributed by atoms with Gasteiger partial charge in [0.2, 0.25) is 0 Å². The average molecular weight is 159 g/mol. The second kappa shape index (κ2) is 5.06. The van der Waals surface area contributed by atoms with Gasteiger partial charge in [0, 0.05) is 5.75 Å². The molecule has 0 atom stereocenters. The summed E-state index contributed by atoms with van der Waals surface area (Å²) in [6, 6.07) is 0. The van der Waals surface area contributed by atoms with Gasteiger partial charge < -0.3 is 0 Å². The minimum atomic E-state index is 0.524. The van der Waals surface area contributed by atoms with E-state index in [0.29, 0.717) is 5.41 Å². The smallest absolute Gasteiger partial charge is 0.0163 e. The second-order valence-corrected chi connectivity index (χ2v) is 4.36. The summed E-state index contributed by atoms with van der Waals surface area (Å²) in [5.74, 6) is 3.55. The van der Waals surface area contributed by atoms with Gasteiger partial charge in [-0.2, -0.15) is 11.8 Å². The molecule has 0 aromatic rings. The molecule has 0 saturated heterocycles. The van der Waals surface area contributed by atoms with Crippen LogP contribution in [0.4, 0.5) is 0 Å². The fourth-order valence-corrected chi connectivity index (χ4v) is 1.51. The van der Waals surface area contributed by atoms with Gasteiger partial charge in [0.25, 0.3) is 0 Å². The van der Waals surface area contributed by atoms with Crippen molar-refractivity contribution in [3.63, 3.8) is 0 Å². The Balaban J connectivity index is 3.28. The first-order valence-corrected chi connectivity index (χ1v) is 5.10. The lowest BCUT2D eigenvalue weighted by molar-refractivity contribution is 0.408. The molecule has 0 unspecified atom stereocenters. The lowest BCUT2D eigenvalue weighted by atomic mass is 9.93. The third kappa shape index (κ3) is 5.16. The molecule has 0 spiro atoms. The first-order valence-electron chi connectivity index (χ1n) is 4.05. The van der Waals surface area contributed by atoms with Crippen LogP contribution in [-0.2, 0) is 0 Å². The summed E-state index contributed by atoms with van der Waals surface area (Å²) in [6.07, 6.45) is 2.46. The summed E-state index contributed by atoms with van der Waals surface area (Å²) in [5.41, 5.74) is 0.524. The van der Waals surface area contributed by atoms with Crippen molar-refractivity contribution < 1.29 is 0 Å². The molecule has 1 radical (unpaired) electrons. The van der Waals surface area contributed by atoms with Crippen LogP contribution in [0.25, 0.3) is 0 Å². The number of thioether (sulfide) groups is 1. The molecule has 0 heterocycles. The third-order valence-electron chi connectivity index (χ3n) is 1.72. The van der Waals surface area contributed by atoms with E-state index in [9.17, 15) is 0 Å². The maximum atomic E-state index is 2.32. The summed E-state index contributed by atoms with van der Waals surface area (Å²) in [4.78, 5) is 0. The van der Waals surface area contributed by atoms with Crippen LogP contribution in [0.15, 0.2) is 0 Å². The van der Waals surface area contributed by atoms with E-state index in [-0.39, 0.29) is 0 Å². The lowest BCUT2D eigenvalue weighted by Crippen LogP contribution is -2.12. The Kier molecular flexibility index (Phi) is 5.24. The molecule has 0 aliphatic heterocycles. The standard InChI is InChI=1S/C9H19S/c1-5-7-10-8-9(3,4)6-2/h7H,5-6,8H2,1-4H3. The Morgan fingerprint density at radius 2 is 1.90 bits per heavy atom. The van der Waals surface area contributed by atoms with Crippen molar-refractivity contribution in [3.05, 3.63) is 5.75 Å². The minimum absolute atomic E-state index is 0.524. The van der Waals surface area contributed by atoms with E-state index >= 15 is 0 Å². The molecular formula is C9H19S. The van der Waals surface area contributed by atoms with E-state index in [0.717, 1.165) is 0 Å². The van der Waals surface area contributed by atoms with E-state index in [1.807, 2.05) is 11.8 Å². The number of hydrogen-bond donors (Lipinski definition) is 0. The van der Waals surface area contributed by atoms with Crippen LogP contribution in [0.1, 0.15) is 40.5 Å². The van der Waals surface area contributed by atoms with Crippen LogP contribution in [0.2, 0.25) is 0 Å². The van der Waals surface area contributed by atoms with Crippen molar-refractivity contribution in [2.45, 2.75) is 40.5 Å². The summed E-state index contributed by atoms with van der Waals surface area (Å²) in [6.45, 7) is 9.09. The topological polar surface area (TPSA) is 0 Å². The largest absolute Gasteiger partial charge is 0.157 e. The van der Waals surface area contributed by atoms with Crippen molar-refractivity contribution >= 4 is 11.8 Å². The predicted octanol–water partition coefficient (Wildman–Crippen LogP) is 3.73. The molecule has 0 aliphatic rings. The van der Waals surface area contributed by atoms with Gasteiger partial charge in [-0.05, 0) is 17.6 Å². The first-order chi connectivity index (χ1) is 4.62. The molecule has 0 fully saturated rings. The Morgan fingerprint density at radius 3 is 2.30 bits per heavy atom. The van der Waals surface area contributed by atoms with E-state index in [2.05, 4.69) is 33.4 Å². The maximum absolute atomic E-state index is 2.32. The quantitative estimate of drug-likeness (QED) is 0.551. The molecule has 1 heteroatoms. The fourth-order valence-electron chi connectivity index (χ4n) is 0.504. The molecule has 0 aromatic heterocycles. The monoisotopic (exact) mass is 159 g/mol. The van der Waals surface area contributed by atoms with Gasteiger partial charge in [-0.1, -0.05) is 34.1 Å². The molecule has 0 bridgehead atoms. The molecule has 10 heavy (non-hydrogen) atoms. The average Bonchev–Trinajstić information content (AvgIpc) is 1.89. The molecule has 0 saturated carbocycles. The molecule has 61 valence electrons. The molecular weight excluding hydrogens is 140 g/mol. The van der Waals surface area contributed by atoms with Crippen LogP contribution in [0.5, 0.6) is 0 Å². The summed E-state index contributed by atoms with van der Waals surface area (Å²) in [7, 11) is 0. The van der Waals surface area contributed by atoms with Crippen molar-refractivity contribution in [2.24, 2.45) is 5.41 Å². The molecule has 0 rings (SSSR count). The normalized spacial score (nSPS) is 12.0. The molecule has 0 aromatic carbocycles. The van der Waals surface area contributed by atoms with Crippen LogP contribution in [-0.4, -0.2) is 5.75 Å². The number of rotatable bonds is 5. The van der Waals surface area contributed by atoms with Gasteiger partial charge >= 0.3 is 0 Å². The van der Waals surface area contributed by atoms with Gasteiger partial charge in [0.15, 0.2) is 0 Å². The Bertz CT molecular complexity index is 76.8. The highest BCUT2D eigenvalue weighted by Gasteiger charge is 2.13. The maximum Gasteiger partial charge on any atom is 0.0163 e. The zero-order valence-corrected chi connectivity index (χ0v) is 8.42. The highest BCUT2D eigenvalue weighted by Crippen LogP contribution is 2.26. The molecule has 0 N–H and O–H groups in total. The van der Waals surface area contributed by atoms with E-state index in [1.165, 1.54) is 18.6 Å². The van der Waals surface area contributed by atoms with Crippen LogP contribution < -0.4 is 0 Å². The van der Waals surface area contributed by atoms with Gasteiger partial charge in [-0.15, -0.1) is 0 Å². The lowest BCUT2D eigenvalue weighted by Gasteiger charge is -2.21. The van der Waals surface area contributed by atoms with Gasteiger partial charge in [-0.25, -0.2) is 0 Å². The highest BCUT2D eigenvalue weighted by molar-refractivity contribution is 8.01. The molecule has 0 nitrogen and oxygen atoms in total. The van der Waals surface area contributed by atoms with Crippen LogP contribution >= 0.6 is 11.8 Å². The second-order valence-electron chi connectivity index (χ2n) is 3.40. The van der Waals surface area contributed by atoms with Crippen LogP contribution in [0.3, 0.4) is 0 Å². The van der Waals surface area contributed by atoms with E-state index in [1.54, 1.807) is 0 Å². The molecule has 0 amide bonds. The Labute approximate surface area is 69.8 Å². The van der Waals surface area contributed by atoms with Gasteiger partial charge in [-0.3, -0.25) is 0 Å². The number of hydrogen-bond acceptors (Lipinski definition) is 1. The summed E-state index contributed by atoms with van der Waals surface area (Å²) in [5, 5.41) is 0. The van der Waals surface area contributed by atoms with Crippen LogP contribution in [0, 0.1) is 11.2 Å². The van der Waals surface area contributed by atoms with Crippen molar-refractivity contribution in [2.75, 3.05) is 5.75 Å². The van der Waals surface area contributed by atoms with E-state index in [4.69, 9.17) is 0 Å². The SMILES string of the molecule is CC[CH]SCC(C)(C)CC. The van der Waals surface area contributed by atoms with Gasteiger partial charge in [0.05, 0.1) is 0 Å². The third-order valence-corrected chi connectivity index (χ3v) is 3.23. The highest BCUT2D eigenvalue weighted by atomic mass is 32.2. The molecule has 0 aliphatic carbocycles. The first kappa shape index (κ1) is 10.3. The van der Waals surface area contributed by atoms with Crippen molar-refractivity contribution in [1.82, 2.24) is 0 Å². The summed E-state index contributed by atoms with van der Waals surface area (Å²) >= 11 is 1.96. The zero-order valence-electron chi connectivity index (χ0n) is 7.61. The zero-order chi connectivity index (χ0) is 8.04. The predicted molar refractivity (Wildman–Crippen MR) is 51.1 cm³/mol. The van der Waals surface area contributed by atoms with Gasteiger partial charge in [0.1, 0.15) is 0 Å². The summed E-state index contributed by atoms with van der Waals surface area (Å²) < 4.78 is 0. The van der Waals surface area contributed by atoms with E-state index < -0.39 is 0 Å². The Morgan fingerprint density at radius 1 is 1.30 bits per heavy atom. The Hall–Kier alpha value is 0.350.